The first-order chi connectivity index (χ1) is 15.4. The molecule has 0 bridgehead atoms. The first-order valence-electron chi connectivity index (χ1n) is 11.3. The van der Waals surface area contributed by atoms with E-state index in [9.17, 15) is 0 Å². The van der Waals surface area contributed by atoms with Crippen LogP contribution in [0.4, 0.5) is 0 Å². The average Bonchev–Trinajstić information content (AvgIpc) is 3.56. The molecule has 2 aliphatic rings. The Morgan fingerprint density at radius 1 is 0.806 bits per heavy atom. The van der Waals surface area contributed by atoms with Crippen LogP contribution in [0.25, 0.3) is 33.0 Å². The fourth-order valence-electron chi connectivity index (χ4n) is 4.98. The Kier molecular flexibility index (Phi) is 4.82. The average molecular weight is 407 g/mol. The normalized spacial score (nSPS) is 16.3. The number of hydrogen-bond acceptors (Lipinski definition) is 2. The quantitative estimate of drug-likeness (QED) is 0.230. The van der Waals surface area contributed by atoms with E-state index in [4.69, 9.17) is 9.47 Å². The first-order valence-corrected chi connectivity index (χ1v) is 11.3. The van der Waals surface area contributed by atoms with Crippen LogP contribution >= 0.6 is 0 Å². The molecule has 0 aromatic heterocycles. The summed E-state index contributed by atoms with van der Waals surface area (Å²) in [6, 6.07) is 29.0. The number of benzene rings is 4. The zero-order chi connectivity index (χ0) is 20.6. The van der Waals surface area contributed by atoms with E-state index in [1.165, 1.54) is 49.7 Å². The lowest BCUT2D eigenvalue weighted by Crippen LogP contribution is -2.04. The summed E-state index contributed by atoms with van der Waals surface area (Å²) < 4.78 is 11.0. The highest BCUT2D eigenvalue weighted by Gasteiger charge is 2.24. The summed E-state index contributed by atoms with van der Waals surface area (Å²) in [6.45, 7) is 2.37. The summed E-state index contributed by atoms with van der Waals surface area (Å²) in [5.74, 6) is 0. The van der Waals surface area contributed by atoms with Gasteiger partial charge in [0.25, 0.3) is 0 Å². The van der Waals surface area contributed by atoms with Crippen LogP contribution < -0.4 is 0 Å². The van der Waals surface area contributed by atoms with Gasteiger partial charge in [0.05, 0.1) is 13.2 Å². The van der Waals surface area contributed by atoms with Gasteiger partial charge in [-0.25, -0.2) is 0 Å². The molecule has 4 aromatic rings. The molecular formula is C29H26O2. The van der Waals surface area contributed by atoms with E-state index >= 15 is 0 Å². The molecule has 1 aliphatic heterocycles. The van der Waals surface area contributed by atoms with E-state index in [2.05, 4.69) is 78.9 Å². The molecule has 4 aromatic carbocycles. The predicted molar refractivity (Wildman–Crippen MR) is 127 cm³/mol. The Morgan fingerprint density at radius 2 is 1.61 bits per heavy atom. The Labute approximate surface area is 183 Å². The highest BCUT2D eigenvalue weighted by atomic mass is 16.6. The monoisotopic (exact) mass is 406 g/mol. The van der Waals surface area contributed by atoms with E-state index in [-0.39, 0.29) is 0 Å². The van der Waals surface area contributed by atoms with Crippen LogP contribution in [0.1, 0.15) is 23.1 Å². The molecule has 1 heterocycles. The second-order valence-electron chi connectivity index (χ2n) is 8.62. The third-order valence-electron chi connectivity index (χ3n) is 6.58. The molecule has 1 fully saturated rings. The van der Waals surface area contributed by atoms with Crippen molar-refractivity contribution in [2.75, 3.05) is 19.8 Å². The highest BCUT2D eigenvalue weighted by Crippen LogP contribution is 2.44. The zero-order valence-electron chi connectivity index (χ0n) is 17.6. The molecule has 1 aliphatic carbocycles. The summed E-state index contributed by atoms with van der Waals surface area (Å²) in [7, 11) is 0. The summed E-state index contributed by atoms with van der Waals surface area (Å²) in [5.41, 5.74) is 9.86. The lowest BCUT2D eigenvalue weighted by atomic mass is 9.87. The Balaban J connectivity index is 1.40. The number of hydrogen-bond donors (Lipinski definition) is 0. The van der Waals surface area contributed by atoms with Crippen LogP contribution in [0.2, 0.25) is 0 Å². The minimum absolute atomic E-state index is 0.338. The lowest BCUT2D eigenvalue weighted by molar-refractivity contribution is 0.114. The molecule has 0 saturated carbocycles. The van der Waals surface area contributed by atoms with Crippen molar-refractivity contribution in [1.29, 1.82) is 0 Å². The molecule has 0 N–H and O–H groups in total. The fraction of sp³-hybridized carbons (Fsp3) is 0.241. The minimum Gasteiger partial charge on any atom is -0.379 e. The van der Waals surface area contributed by atoms with Gasteiger partial charge in [-0.15, -0.1) is 0 Å². The SMILES string of the molecule is c1ccc2c(c1)Cc1c-2cccc1-c1c(CCCOCC2CO2)ccc2ccccc12. The topological polar surface area (TPSA) is 21.8 Å². The van der Waals surface area contributed by atoms with E-state index < -0.39 is 0 Å². The van der Waals surface area contributed by atoms with E-state index in [0.717, 1.165) is 39.1 Å². The molecule has 6 rings (SSSR count). The van der Waals surface area contributed by atoms with Crippen LogP contribution in [0, 0.1) is 0 Å². The molecule has 154 valence electrons. The summed E-state index contributed by atoms with van der Waals surface area (Å²) in [4.78, 5) is 0. The summed E-state index contributed by atoms with van der Waals surface area (Å²) in [5, 5.41) is 2.65. The number of epoxide rings is 1. The maximum absolute atomic E-state index is 5.80. The van der Waals surface area contributed by atoms with Crippen molar-refractivity contribution in [1.82, 2.24) is 0 Å². The Bertz CT molecular complexity index is 1250. The van der Waals surface area contributed by atoms with Gasteiger partial charge >= 0.3 is 0 Å². The third-order valence-corrected chi connectivity index (χ3v) is 6.58. The van der Waals surface area contributed by atoms with Gasteiger partial charge in [0.15, 0.2) is 0 Å². The van der Waals surface area contributed by atoms with Crippen LogP contribution in [-0.2, 0) is 22.3 Å². The molecule has 0 amide bonds. The molecule has 2 heteroatoms. The van der Waals surface area contributed by atoms with Crippen molar-refractivity contribution in [3.05, 3.63) is 95.6 Å². The molecule has 1 atom stereocenters. The van der Waals surface area contributed by atoms with Gasteiger partial charge < -0.3 is 9.47 Å². The zero-order valence-corrected chi connectivity index (χ0v) is 17.6. The third kappa shape index (κ3) is 3.56. The number of aryl methyl sites for hydroxylation is 1. The molecule has 0 radical (unpaired) electrons. The van der Waals surface area contributed by atoms with Crippen molar-refractivity contribution in [2.24, 2.45) is 0 Å². The summed E-state index contributed by atoms with van der Waals surface area (Å²) in [6.07, 6.45) is 3.38. The fourth-order valence-corrected chi connectivity index (χ4v) is 4.98. The molecule has 2 nitrogen and oxygen atoms in total. The van der Waals surface area contributed by atoms with Crippen molar-refractivity contribution in [2.45, 2.75) is 25.4 Å². The number of rotatable bonds is 7. The second kappa shape index (κ2) is 7.96. The van der Waals surface area contributed by atoms with Crippen LogP contribution in [-0.4, -0.2) is 25.9 Å². The van der Waals surface area contributed by atoms with Gasteiger partial charge in [-0.2, -0.15) is 0 Å². The smallest absolute Gasteiger partial charge is 0.104 e. The largest absolute Gasteiger partial charge is 0.379 e. The minimum atomic E-state index is 0.338. The Morgan fingerprint density at radius 3 is 2.55 bits per heavy atom. The summed E-state index contributed by atoms with van der Waals surface area (Å²) >= 11 is 0. The molecule has 0 spiro atoms. The van der Waals surface area contributed by atoms with E-state index in [0.29, 0.717) is 6.10 Å². The van der Waals surface area contributed by atoms with Gasteiger partial charge in [-0.05, 0) is 69.0 Å². The Hall–Kier alpha value is -2.94. The lowest BCUT2D eigenvalue weighted by Gasteiger charge is -2.17. The van der Waals surface area contributed by atoms with Gasteiger partial charge in [0.1, 0.15) is 6.10 Å². The van der Waals surface area contributed by atoms with Crippen molar-refractivity contribution in [3.63, 3.8) is 0 Å². The predicted octanol–water partition coefficient (Wildman–Crippen LogP) is 6.43. The standard InChI is InChI=1S/C29H26O2/c1-4-11-25-20(7-1)14-15-21(9-6-16-30-18-23-19-31-23)29(25)27-13-5-12-26-24-10-3-2-8-22(24)17-28(26)27/h1-5,7-8,10-15,23H,6,9,16-19H2. The van der Waals surface area contributed by atoms with E-state index in [1.54, 1.807) is 0 Å². The number of ether oxygens (including phenoxy) is 2. The first kappa shape index (κ1) is 18.8. The van der Waals surface area contributed by atoms with Crippen LogP contribution in [0.15, 0.2) is 78.9 Å². The van der Waals surface area contributed by atoms with Gasteiger partial charge in [0, 0.05) is 6.61 Å². The van der Waals surface area contributed by atoms with Crippen LogP contribution in [0.3, 0.4) is 0 Å². The molecular weight excluding hydrogens is 380 g/mol. The van der Waals surface area contributed by atoms with Crippen LogP contribution in [0.5, 0.6) is 0 Å². The highest BCUT2D eigenvalue weighted by molar-refractivity contribution is 6.00. The maximum Gasteiger partial charge on any atom is 0.104 e. The van der Waals surface area contributed by atoms with Crippen molar-refractivity contribution in [3.8, 4) is 22.3 Å². The maximum atomic E-state index is 5.80. The van der Waals surface area contributed by atoms with E-state index in [1.807, 2.05) is 0 Å². The van der Waals surface area contributed by atoms with Crippen molar-refractivity contribution < 1.29 is 9.47 Å². The molecule has 31 heavy (non-hydrogen) atoms. The number of fused-ring (bicyclic) bond motifs is 4. The molecule has 1 saturated heterocycles. The molecule has 1 unspecified atom stereocenters. The van der Waals surface area contributed by atoms with Gasteiger partial charge in [-0.1, -0.05) is 78.9 Å². The van der Waals surface area contributed by atoms with Gasteiger partial charge in [0.2, 0.25) is 0 Å². The second-order valence-corrected chi connectivity index (χ2v) is 8.62. The van der Waals surface area contributed by atoms with Gasteiger partial charge in [-0.3, -0.25) is 0 Å². The van der Waals surface area contributed by atoms with Crippen molar-refractivity contribution >= 4 is 10.8 Å².